The maximum Gasteiger partial charge on any atom is 0.247 e. The van der Waals surface area contributed by atoms with Crippen molar-refractivity contribution in [2.45, 2.75) is 70.5 Å². The fraction of sp³-hybridized carbons (Fsp3) is 0.750. The molecule has 1 aliphatic heterocycles. The number of piperazine rings is 1. The lowest BCUT2D eigenvalue weighted by atomic mass is 9.81. The Morgan fingerprint density at radius 2 is 1.85 bits per heavy atom. The predicted octanol–water partition coefficient (Wildman–Crippen LogP) is 1.69. The van der Waals surface area contributed by atoms with Crippen LogP contribution in [0.2, 0.25) is 0 Å². The Morgan fingerprint density at radius 3 is 2.40 bits per heavy atom. The van der Waals surface area contributed by atoms with Crippen molar-refractivity contribution in [2.75, 3.05) is 0 Å². The largest absolute Gasteiger partial charge is 0.342 e. The van der Waals surface area contributed by atoms with E-state index in [0.29, 0.717) is 0 Å². The summed E-state index contributed by atoms with van der Waals surface area (Å²) in [7, 11) is 0. The van der Waals surface area contributed by atoms with Crippen LogP contribution >= 0.6 is 0 Å². The van der Waals surface area contributed by atoms with Crippen LogP contribution in [0.3, 0.4) is 0 Å². The van der Waals surface area contributed by atoms with Gasteiger partial charge < -0.3 is 10.2 Å². The molecule has 1 saturated carbocycles. The third kappa shape index (κ3) is 2.54. The first-order valence-corrected chi connectivity index (χ1v) is 7.50. The van der Waals surface area contributed by atoms with Crippen molar-refractivity contribution in [1.29, 1.82) is 0 Å². The first-order valence-electron chi connectivity index (χ1n) is 7.50. The van der Waals surface area contributed by atoms with E-state index in [0.717, 1.165) is 25.7 Å². The van der Waals surface area contributed by atoms with E-state index in [-0.39, 0.29) is 17.7 Å². The van der Waals surface area contributed by atoms with E-state index in [2.05, 4.69) is 11.2 Å². The molecule has 2 unspecified atom stereocenters. The van der Waals surface area contributed by atoms with Crippen LogP contribution in [0.5, 0.6) is 0 Å². The van der Waals surface area contributed by atoms with Gasteiger partial charge in [-0.3, -0.25) is 9.59 Å². The fourth-order valence-electron chi connectivity index (χ4n) is 3.41. The topological polar surface area (TPSA) is 49.4 Å². The number of nitrogens with zero attached hydrogens (tertiary/aromatic N) is 1. The Labute approximate surface area is 121 Å². The summed E-state index contributed by atoms with van der Waals surface area (Å²) in [6, 6.07) is -0.903. The molecule has 1 heterocycles. The van der Waals surface area contributed by atoms with Gasteiger partial charge in [-0.2, -0.15) is 0 Å². The van der Waals surface area contributed by atoms with Crippen molar-refractivity contribution in [1.82, 2.24) is 10.2 Å². The lowest BCUT2D eigenvalue weighted by Crippen LogP contribution is -2.68. The molecule has 2 atom stereocenters. The molecule has 2 aliphatic rings. The molecule has 1 N–H and O–H groups in total. The summed E-state index contributed by atoms with van der Waals surface area (Å²) >= 11 is 0. The lowest BCUT2D eigenvalue weighted by molar-refractivity contribution is -0.154. The molecule has 20 heavy (non-hydrogen) atoms. The van der Waals surface area contributed by atoms with Crippen molar-refractivity contribution < 1.29 is 9.59 Å². The third-order valence-corrected chi connectivity index (χ3v) is 4.64. The Kier molecular flexibility index (Phi) is 4.08. The number of hydrogen-bond donors (Lipinski definition) is 1. The van der Waals surface area contributed by atoms with Gasteiger partial charge in [0, 0.05) is 0 Å². The number of carbonyl (C=O) groups is 2. The van der Waals surface area contributed by atoms with Gasteiger partial charge in [-0.25, -0.2) is 0 Å². The van der Waals surface area contributed by atoms with E-state index >= 15 is 0 Å². The minimum absolute atomic E-state index is 0.0213. The molecule has 0 radical (unpaired) electrons. The van der Waals surface area contributed by atoms with E-state index in [9.17, 15) is 9.59 Å². The third-order valence-electron chi connectivity index (χ3n) is 4.64. The molecular weight excluding hydrogens is 252 g/mol. The zero-order chi connectivity index (χ0) is 14.9. The van der Waals surface area contributed by atoms with Gasteiger partial charge in [-0.15, -0.1) is 6.42 Å². The molecule has 4 nitrogen and oxygen atoms in total. The monoisotopic (exact) mass is 276 g/mol. The Morgan fingerprint density at radius 1 is 1.25 bits per heavy atom. The highest BCUT2D eigenvalue weighted by atomic mass is 16.2. The second-order valence-corrected chi connectivity index (χ2v) is 6.47. The molecule has 4 heteroatoms. The van der Waals surface area contributed by atoms with Gasteiger partial charge in [0.05, 0.1) is 5.54 Å². The van der Waals surface area contributed by atoms with Crippen molar-refractivity contribution in [3.63, 3.8) is 0 Å². The summed E-state index contributed by atoms with van der Waals surface area (Å²) in [6.45, 7) is 5.37. The smallest absolute Gasteiger partial charge is 0.247 e. The van der Waals surface area contributed by atoms with Crippen LogP contribution in [0.1, 0.15) is 52.9 Å². The average Bonchev–Trinajstić information content (AvgIpc) is 2.44. The van der Waals surface area contributed by atoms with Crippen LogP contribution in [0.4, 0.5) is 0 Å². The summed E-state index contributed by atoms with van der Waals surface area (Å²) in [6.07, 6.45) is 11.1. The van der Waals surface area contributed by atoms with Crippen LogP contribution < -0.4 is 5.32 Å². The second kappa shape index (κ2) is 5.47. The minimum atomic E-state index is -0.735. The lowest BCUT2D eigenvalue weighted by Gasteiger charge is -2.46. The number of amides is 2. The quantitative estimate of drug-likeness (QED) is 0.780. The Bertz CT molecular complexity index is 444. The Hall–Kier alpha value is -1.50. The minimum Gasteiger partial charge on any atom is -0.342 e. The summed E-state index contributed by atoms with van der Waals surface area (Å²) in [5.41, 5.74) is -0.735. The van der Waals surface area contributed by atoms with Crippen molar-refractivity contribution >= 4 is 11.8 Å². The molecule has 1 saturated heterocycles. The summed E-state index contributed by atoms with van der Waals surface area (Å²) in [5, 5.41) is 2.91. The normalized spacial score (nSPS) is 29.0. The van der Waals surface area contributed by atoms with Crippen LogP contribution in [-0.2, 0) is 9.59 Å². The van der Waals surface area contributed by atoms with E-state index in [1.807, 2.05) is 13.8 Å². The summed E-state index contributed by atoms with van der Waals surface area (Å²) in [4.78, 5) is 26.6. The molecule has 0 aromatic heterocycles. The second-order valence-electron chi connectivity index (χ2n) is 6.47. The van der Waals surface area contributed by atoms with Gasteiger partial charge in [0.15, 0.2) is 0 Å². The van der Waals surface area contributed by atoms with Crippen molar-refractivity contribution in [3.8, 4) is 12.3 Å². The van der Waals surface area contributed by atoms with Crippen molar-refractivity contribution in [3.05, 3.63) is 0 Å². The highest BCUT2D eigenvalue weighted by Gasteiger charge is 2.46. The number of nitrogens with one attached hydrogen (secondary N) is 1. The highest BCUT2D eigenvalue weighted by Crippen LogP contribution is 2.31. The number of terminal acetylenes is 1. The van der Waals surface area contributed by atoms with E-state index in [1.54, 1.807) is 11.8 Å². The van der Waals surface area contributed by atoms with Crippen LogP contribution in [-0.4, -0.2) is 34.3 Å². The maximum absolute atomic E-state index is 12.8. The number of rotatable bonds is 2. The van der Waals surface area contributed by atoms with Crippen molar-refractivity contribution in [2.24, 2.45) is 5.92 Å². The molecule has 1 aliphatic carbocycles. The molecular formula is C16H24N2O2. The Balaban J connectivity index is 2.26. The highest BCUT2D eigenvalue weighted by molar-refractivity contribution is 5.97. The molecule has 2 rings (SSSR count). The number of hydrogen-bond acceptors (Lipinski definition) is 2. The van der Waals surface area contributed by atoms with Gasteiger partial charge in [0.1, 0.15) is 12.1 Å². The van der Waals surface area contributed by atoms with Crippen LogP contribution in [0.15, 0.2) is 0 Å². The van der Waals surface area contributed by atoms with Gasteiger partial charge in [0.25, 0.3) is 0 Å². The zero-order valence-electron chi connectivity index (χ0n) is 12.6. The first kappa shape index (κ1) is 14.9. The van der Waals surface area contributed by atoms with Gasteiger partial charge in [0.2, 0.25) is 11.8 Å². The fourth-order valence-corrected chi connectivity index (χ4v) is 3.41. The summed E-state index contributed by atoms with van der Waals surface area (Å²) in [5.74, 6) is 2.78. The van der Waals surface area contributed by atoms with Gasteiger partial charge in [-0.1, -0.05) is 25.2 Å². The summed E-state index contributed by atoms with van der Waals surface area (Å²) < 4.78 is 0. The SMILES string of the molecule is C#CC(C)(C)N1C(=O)C(C2CCCCC2)NC(=O)C1C. The molecule has 0 aromatic rings. The predicted molar refractivity (Wildman–Crippen MR) is 77.7 cm³/mol. The molecule has 0 aromatic carbocycles. The number of carbonyl (C=O) groups excluding carboxylic acids is 2. The average molecular weight is 276 g/mol. The maximum atomic E-state index is 12.8. The van der Waals surface area contributed by atoms with Crippen LogP contribution in [0, 0.1) is 18.3 Å². The standard InChI is InChI=1S/C16H24N2O2/c1-5-16(3,4)18-11(2)14(19)17-13(15(18)20)12-9-7-6-8-10-12/h1,11-13H,6-10H2,2-4H3,(H,17,19). The molecule has 2 fully saturated rings. The van der Waals surface area contributed by atoms with E-state index in [4.69, 9.17) is 6.42 Å². The zero-order valence-corrected chi connectivity index (χ0v) is 12.6. The molecule has 0 bridgehead atoms. The molecule has 110 valence electrons. The van der Waals surface area contributed by atoms with E-state index in [1.165, 1.54) is 6.42 Å². The van der Waals surface area contributed by atoms with Gasteiger partial charge in [-0.05, 0) is 39.5 Å². The van der Waals surface area contributed by atoms with E-state index < -0.39 is 17.6 Å². The molecule has 0 spiro atoms. The van der Waals surface area contributed by atoms with Gasteiger partial charge >= 0.3 is 0 Å². The molecule has 2 amide bonds. The first-order chi connectivity index (χ1) is 9.38. The van der Waals surface area contributed by atoms with Crippen LogP contribution in [0.25, 0.3) is 0 Å².